The summed E-state index contributed by atoms with van der Waals surface area (Å²) in [5, 5.41) is 4.28. The van der Waals surface area contributed by atoms with Gasteiger partial charge < -0.3 is 10.1 Å². The number of rotatable bonds is 5. The van der Waals surface area contributed by atoms with Gasteiger partial charge in [-0.05, 0) is 30.4 Å². The minimum atomic E-state index is 0.0904. The van der Waals surface area contributed by atoms with Crippen molar-refractivity contribution < 1.29 is 9.53 Å². The van der Waals surface area contributed by atoms with Crippen LogP contribution in [0.4, 0.5) is 0 Å². The first kappa shape index (κ1) is 15.3. The first-order valence-corrected chi connectivity index (χ1v) is 8.86. The van der Waals surface area contributed by atoms with Crippen LogP contribution in [0.3, 0.4) is 0 Å². The average molecular weight is 316 g/mol. The molecule has 1 aliphatic rings. The van der Waals surface area contributed by atoms with Crippen LogP contribution < -0.4 is 5.32 Å². The molecule has 0 radical (unpaired) electrons. The predicted molar refractivity (Wildman–Crippen MR) is 90.1 cm³/mol. The lowest BCUT2D eigenvalue weighted by Crippen LogP contribution is -2.41. The second-order valence-electron chi connectivity index (χ2n) is 5.60. The number of para-hydroxylation sites is 1. The van der Waals surface area contributed by atoms with Crippen molar-refractivity contribution in [1.29, 1.82) is 0 Å². The van der Waals surface area contributed by atoms with E-state index in [2.05, 4.69) is 22.4 Å². The summed E-state index contributed by atoms with van der Waals surface area (Å²) in [6, 6.07) is 10.4. The van der Waals surface area contributed by atoms with E-state index in [0.717, 1.165) is 11.9 Å². The van der Waals surface area contributed by atoms with E-state index in [0.29, 0.717) is 24.9 Å². The average Bonchev–Trinajstić information content (AvgIpc) is 2.95. The van der Waals surface area contributed by atoms with Gasteiger partial charge in [-0.15, -0.1) is 0 Å². The third-order valence-corrected chi connectivity index (χ3v) is 4.59. The summed E-state index contributed by atoms with van der Waals surface area (Å²) in [5.74, 6) is 0.908. The predicted octanol–water partition coefficient (Wildman–Crippen LogP) is 2.27. The topological polar surface area (TPSA) is 51.2 Å². The number of aromatic nitrogens is 1. The number of ether oxygens (including phenoxy) is 1. The summed E-state index contributed by atoms with van der Waals surface area (Å²) in [7, 11) is 0. The van der Waals surface area contributed by atoms with E-state index in [-0.39, 0.29) is 11.9 Å². The number of nitrogens with zero attached hydrogens (tertiary/aromatic N) is 1. The molecule has 2 heterocycles. The Morgan fingerprint density at radius 2 is 2.23 bits per heavy atom. The number of pyridine rings is 1. The van der Waals surface area contributed by atoms with Gasteiger partial charge in [0.15, 0.2) is 0 Å². The maximum atomic E-state index is 11.8. The van der Waals surface area contributed by atoms with Crippen molar-refractivity contribution in [3.05, 3.63) is 42.1 Å². The van der Waals surface area contributed by atoms with E-state index in [1.54, 1.807) is 0 Å². The molecule has 0 aliphatic carbocycles. The quantitative estimate of drug-likeness (QED) is 0.919. The zero-order valence-corrected chi connectivity index (χ0v) is 13.4. The Hall–Kier alpha value is -1.59. The lowest BCUT2D eigenvalue weighted by molar-refractivity contribution is -0.119. The molecular formula is C17H20N2O2S. The maximum absolute atomic E-state index is 11.8. The lowest BCUT2D eigenvalue weighted by Gasteiger charge is -2.19. The van der Waals surface area contributed by atoms with Gasteiger partial charge in [-0.1, -0.05) is 18.2 Å². The van der Waals surface area contributed by atoms with Gasteiger partial charge >= 0.3 is 0 Å². The van der Waals surface area contributed by atoms with Gasteiger partial charge in [0.2, 0.25) is 5.91 Å². The monoisotopic (exact) mass is 316 g/mol. The molecule has 0 bridgehead atoms. The first-order chi connectivity index (χ1) is 10.8. The smallest absolute Gasteiger partial charge is 0.230 e. The first-order valence-electron chi connectivity index (χ1n) is 7.46. The normalized spacial score (nSPS) is 21.1. The molecule has 0 saturated carbocycles. The molecule has 1 aromatic carbocycles. The molecule has 22 heavy (non-hydrogen) atoms. The molecule has 0 spiro atoms. The molecule has 2 aromatic rings. The van der Waals surface area contributed by atoms with Gasteiger partial charge in [0.25, 0.3) is 0 Å². The van der Waals surface area contributed by atoms with Gasteiger partial charge in [-0.2, -0.15) is 11.8 Å². The Labute approximate surface area is 134 Å². The van der Waals surface area contributed by atoms with E-state index in [9.17, 15) is 4.79 Å². The SMILES string of the molecule is CSCC(=O)N[C@H]1COC[C@H]1Cc1ccnc2ccccc12. The van der Waals surface area contributed by atoms with Crippen LogP contribution in [0.15, 0.2) is 36.5 Å². The van der Waals surface area contributed by atoms with Crippen LogP contribution in [0, 0.1) is 5.92 Å². The van der Waals surface area contributed by atoms with Gasteiger partial charge in [-0.25, -0.2) is 0 Å². The largest absolute Gasteiger partial charge is 0.379 e. The van der Waals surface area contributed by atoms with Gasteiger partial charge in [0.1, 0.15) is 0 Å². The Morgan fingerprint density at radius 3 is 3.09 bits per heavy atom. The summed E-state index contributed by atoms with van der Waals surface area (Å²) in [6.45, 7) is 1.30. The van der Waals surface area contributed by atoms with Crippen LogP contribution in [0.2, 0.25) is 0 Å². The molecule has 1 amide bonds. The molecular weight excluding hydrogens is 296 g/mol. The molecule has 4 nitrogen and oxygen atoms in total. The fourth-order valence-electron chi connectivity index (χ4n) is 2.95. The van der Waals surface area contributed by atoms with E-state index in [1.165, 1.54) is 22.7 Å². The maximum Gasteiger partial charge on any atom is 0.230 e. The Morgan fingerprint density at radius 1 is 1.36 bits per heavy atom. The number of carbonyl (C=O) groups excluding carboxylic acids is 1. The van der Waals surface area contributed by atoms with E-state index >= 15 is 0 Å². The van der Waals surface area contributed by atoms with Crippen molar-refractivity contribution in [2.24, 2.45) is 5.92 Å². The molecule has 5 heteroatoms. The van der Waals surface area contributed by atoms with Crippen LogP contribution in [0.25, 0.3) is 10.9 Å². The van der Waals surface area contributed by atoms with Crippen molar-refractivity contribution in [1.82, 2.24) is 10.3 Å². The highest BCUT2D eigenvalue weighted by Gasteiger charge is 2.29. The van der Waals surface area contributed by atoms with Crippen molar-refractivity contribution >= 4 is 28.6 Å². The van der Waals surface area contributed by atoms with Gasteiger partial charge in [0.05, 0.1) is 30.5 Å². The second kappa shape index (κ2) is 7.11. The molecule has 1 saturated heterocycles. The van der Waals surface area contributed by atoms with Crippen LogP contribution in [-0.4, -0.2) is 42.2 Å². The highest BCUT2D eigenvalue weighted by atomic mass is 32.2. The fourth-order valence-corrected chi connectivity index (χ4v) is 3.30. The minimum absolute atomic E-state index is 0.0904. The molecule has 0 unspecified atom stereocenters. The summed E-state index contributed by atoms with van der Waals surface area (Å²) in [4.78, 5) is 16.2. The molecule has 1 aromatic heterocycles. The summed E-state index contributed by atoms with van der Waals surface area (Å²) in [6.07, 6.45) is 4.69. The van der Waals surface area contributed by atoms with Gasteiger partial charge in [-0.3, -0.25) is 9.78 Å². The standard InChI is InChI=1S/C17H20N2O2S/c1-22-11-17(20)19-16-10-21-9-13(16)8-12-6-7-18-15-5-3-2-4-14(12)15/h2-7,13,16H,8-11H2,1H3,(H,19,20)/t13-,16+/m1/s1. The minimum Gasteiger partial charge on any atom is -0.379 e. The van der Waals surface area contributed by atoms with E-state index in [1.807, 2.05) is 30.7 Å². The summed E-state index contributed by atoms with van der Waals surface area (Å²) < 4.78 is 5.60. The van der Waals surface area contributed by atoms with Crippen LogP contribution in [0.1, 0.15) is 5.56 Å². The summed E-state index contributed by atoms with van der Waals surface area (Å²) in [5.41, 5.74) is 2.28. The molecule has 1 N–H and O–H groups in total. The second-order valence-corrected chi connectivity index (χ2v) is 6.46. The third-order valence-electron chi connectivity index (χ3n) is 4.04. The van der Waals surface area contributed by atoms with Crippen molar-refractivity contribution in [3.8, 4) is 0 Å². The van der Waals surface area contributed by atoms with Crippen LogP contribution in [0.5, 0.6) is 0 Å². The Balaban J connectivity index is 1.74. The van der Waals surface area contributed by atoms with E-state index in [4.69, 9.17) is 4.74 Å². The molecule has 2 atom stereocenters. The lowest BCUT2D eigenvalue weighted by atomic mass is 9.93. The number of fused-ring (bicyclic) bond motifs is 1. The fraction of sp³-hybridized carbons (Fsp3) is 0.412. The molecule has 3 rings (SSSR count). The zero-order chi connectivity index (χ0) is 15.4. The number of nitrogens with one attached hydrogen (secondary N) is 1. The molecule has 1 fully saturated rings. The third kappa shape index (κ3) is 3.42. The molecule has 116 valence electrons. The highest BCUT2D eigenvalue weighted by Crippen LogP contribution is 2.24. The highest BCUT2D eigenvalue weighted by molar-refractivity contribution is 7.99. The summed E-state index contributed by atoms with van der Waals surface area (Å²) >= 11 is 1.54. The number of hydrogen-bond acceptors (Lipinski definition) is 4. The number of carbonyl (C=O) groups is 1. The van der Waals surface area contributed by atoms with Crippen LogP contribution in [-0.2, 0) is 16.0 Å². The zero-order valence-electron chi connectivity index (χ0n) is 12.6. The molecule has 1 aliphatic heterocycles. The van der Waals surface area contributed by atoms with Crippen molar-refractivity contribution in [2.45, 2.75) is 12.5 Å². The number of amides is 1. The van der Waals surface area contributed by atoms with Crippen molar-refractivity contribution in [2.75, 3.05) is 25.2 Å². The number of benzene rings is 1. The Kier molecular flexibility index (Phi) is 4.95. The number of thioether (sulfide) groups is 1. The van der Waals surface area contributed by atoms with E-state index < -0.39 is 0 Å². The van der Waals surface area contributed by atoms with Gasteiger partial charge in [0, 0.05) is 17.5 Å². The van der Waals surface area contributed by atoms with Crippen LogP contribution >= 0.6 is 11.8 Å². The Bertz CT molecular complexity index is 657. The number of hydrogen-bond donors (Lipinski definition) is 1. The van der Waals surface area contributed by atoms with Crippen molar-refractivity contribution in [3.63, 3.8) is 0 Å².